The average molecular weight is 445 g/mol. The van der Waals surface area contributed by atoms with Crippen LogP contribution in [0.15, 0.2) is 58.5 Å². The van der Waals surface area contributed by atoms with Crippen LogP contribution in [0.25, 0.3) is 21.9 Å². The molecule has 0 fully saturated rings. The largest absolute Gasteiger partial charge is 0.497 e. The van der Waals surface area contributed by atoms with Gasteiger partial charge in [-0.3, -0.25) is 4.79 Å². The molecule has 8 nitrogen and oxygen atoms in total. The first-order valence-corrected chi connectivity index (χ1v) is 11.0. The Morgan fingerprint density at radius 2 is 1.84 bits per heavy atom. The maximum atomic E-state index is 12.2. The van der Waals surface area contributed by atoms with Gasteiger partial charge in [-0.2, -0.15) is 0 Å². The lowest BCUT2D eigenvalue weighted by Gasteiger charge is -2.08. The highest BCUT2D eigenvalue weighted by Crippen LogP contribution is 2.23. The molecule has 0 radical (unpaired) electrons. The van der Waals surface area contributed by atoms with Gasteiger partial charge in [0, 0.05) is 22.9 Å². The first-order chi connectivity index (χ1) is 15.6. The van der Waals surface area contributed by atoms with Crippen LogP contribution >= 0.6 is 11.8 Å². The fourth-order valence-electron chi connectivity index (χ4n) is 3.54. The van der Waals surface area contributed by atoms with Gasteiger partial charge in [0.25, 0.3) is 5.56 Å². The first kappa shape index (κ1) is 20.2. The van der Waals surface area contributed by atoms with Crippen LogP contribution < -0.4 is 10.3 Å². The molecule has 0 bridgehead atoms. The molecule has 0 saturated heterocycles. The van der Waals surface area contributed by atoms with Crippen LogP contribution in [0.1, 0.15) is 23.0 Å². The number of nitrogens with one attached hydrogen (secondary N) is 2. The third kappa shape index (κ3) is 4.19. The van der Waals surface area contributed by atoms with Crippen molar-refractivity contribution in [2.24, 2.45) is 0 Å². The number of thioether (sulfide) groups is 1. The second-order valence-electron chi connectivity index (χ2n) is 7.32. The molecule has 0 aliphatic heterocycles. The number of H-pyrrole nitrogens is 2. The summed E-state index contributed by atoms with van der Waals surface area (Å²) in [7, 11) is 1.63. The monoisotopic (exact) mass is 444 g/mol. The fraction of sp³-hybridized carbons (Fsp3) is 0.174. The number of aromatic nitrogens is 6. The van der Waals surface area contributed by atoms with E-state index in [4.69, 9.17) is 4.74 Å². The van der Waals surface area contributed by atoms with Crippen molar-refractivity contribution in [3.05, 3.63) is 81.9 Å². The minimum Gasteiger partial charge on any atom is -0.497 e. The summed E-state index contributed by atoms with van der Waals surface area (Å²) >= 11 is 1.51. The minimum atomic E-state index is -0.197. The zero-order valence-electron chi connectivity index (χ0n) is 17.5. The van der Waals surface area contributed by atoms with Crippen LogP contribution in [0.4, 0.5) is 0 Å². The van der Waals surface area contributed by atoms with Gasteiger partial charge in [0.15, 0.2) is 5.16 Å². The Balaban J connectivity index is 1.37. The van der Waals surface area contributed by atoms with E-state index >= 15 is 0 Å². The number of aromatic amines is 2. The second-order valence-corrected chi connectivity index (χ2v) is 8.28. The third-order valence-corrected chi connectivity index (χ3v) is 5.94. The van der Waals surface area contributed by atoms with E-state index in [1.165, 1.54) is 17.8 Å². The molecule has 2 N–H and O–H groups in total. The summed E-state index contributed by atoms with van der Waals surface area (Å²) in [6, 6.07) is 15.1. The van der Waals surface area contributed by atoms with Crippen LogP contribution in [0.3, 0.4) is 0 Å². The number of nitrogens with zero attached hydrogens (tertiary/aromatic N) is 4. The lowest BCUT2D eigenvalue weighted by atomic mass is 10.2. The second kappa shape index (κ2) is 8.43. The Labute approximate surface area is 187 Å². The van der Waals surface area contributed by atoms with Crippen LogP contribution in [-0.4, -0.2) is 37.0 Å². The van der Waals surface area contributed by atoms with Gasteiger partial charge in [0.05, 0.1) is 35.8 Å². The molecule has 0 spiro atoms. The van der Waals surface area contributed by atoms with Gasteiger partial charge in [-0.05, 0) is 37.3 Å². The van der Waals surface area contributed by atoms with E-state index in [1.807, 2.05) is 49.4 Å². The van der Waals surface area contributed by atoms with Crippen molar-refractivity contribution in [1.82, 2.24) is 29.9 Å². The number of imidazole rings is 1. The van der Waals surface area contributed by atoms with Crippen molar-refractivity contribution in [2.75, 3.05) is 7.11 Å². The molecule has 0 amide bonds. The number of hydrogen-bond acceptors (Lipinski definition) is 7. The van der Waals surface area contributed by atoms with Gasteiger partial charge in [0.1, 0.15) is 17.4 Å². The van der Waals surface area contributed by atoms with Gasteiger partial charge in [-0.1, -0.05) is 23.9 Å². The molecule has 32 heavy (non-hydrogen) atoms. The molecule has 2 aromatic carbocycles. The standard InChI is InChI=1S/C23H20N6O2S/c1-13-16-10-15(31-2)7-8-17(16)26-20(24-13)11-21-25-14(9-22(30)29-21)12-32-23-27-18-5-3-4-6-19(18)28-23/h3-10H,11-12H2,1-2H3,(H,27,28)(H,25,29,30). The summed E-state index contributed by atoms with van der Waals surface area (Å²) in [6.07, 6.45) is 0.335. The highest BCUT2D eigenvalue weighted by Gasteiger charge is 2.10. The molecule has 160 valence electrons. The fourth-order valence-corrected chi connectivity index (χ4v) is 4.31. The predicted octanol–water partition coefficient (Wildman–Crippen LogP) is 3.79. The topological polar surface area (TPSA) is 109 Å². The van der Waals surface area contributed by atoms with E-state index in [0.29, 0.717) is 29.5 Å². The Hall–Kier alpha value is -3.72. The van der Waals surface area contributed by atoms with E-state index < -0.39 is 0 Å². The lowest BCUT2D eigenvalue weighted by molar-refractivity contribution is 0.415. The highest BCUT2D eigenvalue weighted by atomic mass is 32.2. The predicted molar refractivity (Wildman–Crippen MR) is 124 cm³/mol. The van der Waals surface area contributed by atoms with Crippen molar-refractivity contribution in [2.45, 2.75) is 24.3 Å². The molecular weight excluding hydrogens is 424 g/mol. The van der Waals surface area contributed by atoms with Crippen LogP contribution in [0.2, 0.25) is 0 Å². The van der Waals surface area contributed by atoms with Crippen molar-refractivity contribution in [3.8, 4) is 5.75 Å². The maximum Gasteiger partial charge on any atom is 0.251 e. The van der Waals surface area contributed by atoms with E-state index in [-0.39, 0.29) is 5.56 Å². The normalized spacial score (nSPS) is 11.3. The smallest absolute Gasteiger partial charge is 0.251 e. The quantitative estimate of drug-likeness (QED) is 0.384. The summed E-state index contributed by atoms with van der Waals surface area (Å²) in [6.45, 7) is 1.93. The van der Waals surface area contributed by atoms with Crippen LogP contribution in [0, 0.1) is 6.92 Å². The van der Waals surface area contributed by atoms with Gasteiger partial charge < -0.3 is 14.7 Å². The molecule has 5 aromatic rings. The summed E-state index contributed by atoms with van der Waals surface area (Å²) in [4.78, 5) is 36.7. The summed E-state index contributed by atoms with van der Waals surface area (Å²) < 4.78 is 5.29. The average Bonchev–Trinajstić information content (AvgIpc) is 3.20. The van der Waals surface area contributed by atoms with E-state index in [9.17, 15) is 4.79 Å². The van der Waals surface area contributed by atoms with Gasteiger partial charge in [-0.15, -0.1) is 0 Å². The molecule has 3 aromatic heterocycles. The summed E-state index contributed by atoms with van der Waals surface area (Å²) in [5.41, 5.74) is 4.05. The van der Waals surface area contributed by atoms with Crippen molar-refractivity contribution in [1.29, 1.82) is 0 Å². The minimum absolute atomic E-state index is 0.197. The number of fused-ring (bicyclic) bond motifs is 2. The van der Waals surface area contributed by atoms with Crippen LogP contribution in [-0.2, 0) is 12.2 Å². The Morgan fingerprint density at radius 3 is 2.69 bits per heavy atom. The van der Waals surface area contributed by atoms with Gasteiger partial charge in [0.2, 0.25) is 0 Å². The van der Waals surface area contributed by atoms with Crippen molar-refractivity contribution in [3.63, 3.8) is 0 Å². The molecule has 0 saturated carbocycles. The van der Waals surface area contributed by atoms with E-state index in [0.717, 1.165) is 38.5 Å². The molecule has 5 rings (SSSR count). The number of aryl methyl sites for hydroxylation is 1. The Bertz CT molecular complexity index is 1460. The number of benzene rings is 2. The number of rotatable bonds is 6. The Kier molecular flexibility index (Phi) is 5.32. The maximum absolute atomic E-state index is 12.2. The van der Waals surface area contributed by atoms with Gasteiger partial charge in [-0.25, -0.2) is 19.9 Å². The molecule has 3 heterocycles. The SMILES string of the molecule is COc1ccc2nc(Cc3nc(CSc4nc5ccccc5[nH]4)cc(=O)[nH]3)nc(C)c2c1. The van der Waals surface area contributed by atoms with Crippen molar-refractivity contribution < 1.29 is 4.74 Å². The zero-order chi connectivity index (χ0) is 22.1. The van der Waals surface area contributed by atoms with Gasteiger partial charge >= 0.3 is 0 Å². The summed E-state index contributed by atoms with van der Waals surface area (Å²) in [5, 5.41) is 1.73. The zero-order valence-corrected chi connectivity index (χ0v) is 18.4. The third-order valence-electron chi connectivity index (χ3n) is 5.03. The lowest BCUT2D eigenvalue weighted by Crippen LogP contribution is -2.14. The molecule has 0 atom stereocenters. The number of ether oxygens (including phenoxy) is 1. The molecule has 9 heteroatoms. The highest BCUT2D eigenvalue weighted by molar-refractivity contribution is 7.98. The number of methoxy groups -OCH3 is 1. The van der Waals surface area contributed by atoms with E-state index in [1.54, 1.807) is 7.11 Å². The van der Waals surface area contributed by atoms with E-state index in [2.05, 4.69) is 29.9 Å². The van der Waals surface area contributed by atoms with Crippen LogP contribution in [0.5, 0.6) is 5.75 Å². The molecule has 0 aliphatic carbocycles. The Morgan fingerprint density at radius 1 is 0.969 bits per heavy atom. The summed E-state index contributed by atoms with van der Waals surface area (Å²) in [5.74, 6) is 2.42. The number of hydrogen-bond donors (Lipinski definition) is 2. The molecular formula is C23H20N6O2S. The number of para-hydroxylation sites is 2. The van der Waals surface area contributed by atoms with Crippen molar-refractivity contribution >= 4 is 33.7 Å². The molecule has 0 unspecified atom stereocenters. The first-order valence-electron chi connectivity index (χ1n) is 10.1. The molecule has 0 aliphatic rings.